The van der Waals surface area contributed by atoms with E-state index in [-0.39, 0.29) is 35.3 Å². The number of imide groups is 1. The number of anilines is 1. The van der Waals surface area contributed by atoms with Gasteiger partial charge in [-0.2, -0.15) is 0 Å². The van der Waals surface area contributed by atoms with E-state index in [4.69, 9.17) is 4.74 Å². The Morgan fingerprint density at radius 1 is 0.875 bits per heavy atom. The van der Waals surface area contributed by atoms with Gasteiger partial charge in [0.2, 0.25) is 11.8 Å². The summed E-state index contributed by atoms with van der Waals surface area (Å²) in [5.74, 6) is -2.06. The summed E-state index contributed by atoms with van der Waals surface area (Å²) < 4.78 is 5.35. The summed E-state index contributed by atoms with van der Waals surface area (Å²) in [4.78, 5) is 41.0. The quantitative estimate of drug-likeness (QED) is 0.405. The van der Waals surface area contributed by atoms with Crippen LogP contribution in [0.25, 0.3) is 5.57 Å². The number of benzene rings is 2. The van der Waals surface area contributed by atoms with Crippen LogP contribution in [0, 0.1) is 23.7 Å². The van der Waals surface area contributed by atoms with Gasteiger partial charge in [-0.05, 0) is 44.0 Å². The lowest BCUT2D eigenvalue weighted by Crippen LogP contribution is -2.34. The SMILES string of the molecule is CC(=C1[C@H]2C=C[C@H]1[C@H]1C(=O)N(c3ccccc3C(=O)OC(C)C)C(=O)[C@H]12)c1ccccc1. The molecule has 2 aromatic rings. The second kappa shape index (κ2) is 7.59. The molecule has 0 unspecified atom stereocenters. The van der Waals surface area contributed by atoms with Gasteiger partial charge in [-0.3, -0.25) is 9.59 Å². The minimum absolute atomic E-state index is 0.0959. The molecule has 2 aliphatic carbocycles. The molecular weight excluding hydrogens is 402 g/mol. The van der Waals surface area contributed by atoms with Gasteiger partial charge in [0.1, 0.15) is 0 Å². The minimum atomic E-state index is -0.533. The fourth-order valence-corrected chi connectivity index (χ4v) is 5.47. The van der Waals surface area contributed by atoms with Crippen molar-refractivity contribution in [3.05, 3.63) is 83.4 Å². The Labute approximate surface area is 187 Å². The van der Waals surface area contributed by atoms with Crippen LogP contribution in [0.1, 0.15) is 36.7 Å². The van der Waals surface area contributed by atoms with Gasteiger partial charge >= 0.3 is 5.97 Å². The second-order valence-electron chi connectivity index (χ2n) is 8.92. The monoisotopic (exact) mass is 427 g/mol. The lowest BCUT2D eigenvalue weighted by molar-refractivity contribution is -0.122. The van der Waals surface area contributed by atoms with E-state index in [2.05, 4.69) is 31.2 Å². The maximum atomic E-state index is 13.6. The van der Waals surface area contributed by atoms with Crippen LogP contribution in [0.2, 0.25) is 0 Å². The predicted octanol–water partition coefficient (Wildman–Crippen LogP) is 4.65. The van der Waals surface area contributed by atoms with Crippen molar-refractivity contribution in [3.63, 3.8) is 0 Å². The Morgan fingerprint density at radius 2 is 1.44 bits per heavy atom. The number of allylic oxidation sites excluding steroid dienone is 4. The number of carbonyl (C=O) groups excluding carboxylic acids is 3. The Hall–Kier alpha value is -3.47. The first-order chi connectivity index (χ1) is 15.4. The van der Waals surface area contributed by atoms with Gasteiger partial charge in [0.15, 0.2) is 0 Å². The Kier molecular flexibility index (Phi) is 4.85. The van der Waals surface area contributed by atoms with Crippen LogP contribution < -0.4 is 4.90 Å². The van der Waals surface area contributed by atoms with Gasteiger partial charge in [0.25, 0.3) is 0 Å². The highest BCUT2D eigenvalue weighted by Crippen LogP contribution is 2.58. The van der Waals surface area contributed by atoms with Crippen molar-refractivity contribution in [3.8, 4) is 0 Å². The van der Waals surface area contributed by atoms with Crippen molar-refractivity contribution in [2.45, 2.75) is 26.9 Å². The Bertz CT molecular complexity index is 1140. The van der Waals surface area contributed by atoms with Crippen LogP contribution in [-0.2, 0) is 14.3 Å². The summed E-state index contributed by atoms with van der Waals surface area (Å²) in [6, 6.07) is 16.8. The highest BCUT2D eigenvalue weighted by atomic mass is 16.5. The molecule has 5 rings (SSSR count). The Balaban J connectivity index is 1.52. The molecule has 4 atom stereocenters. The van der Waals surface area contributed by atoms with Crippen LogP contribution >= 0.6 is 0 Å². The number of fused-ring (bicyclic) bond motifs is 5. The summed E-state index contributed by atoms with van der Waals surface area (Å²) in [5, 5.41) is 0. The van der Waals surface area contributed by atoms with Crippen molar-refractivity contribution in [1.29, 1.82) is 0 Å². The molecule has 2 fully saturated rings. The van der Waals surface area contributed by atoms with E-state index in [1.54, 1.807) is 38.1 Å². The number of rotatable bonds is 4. The normalized spacial score (nSPS) is 27.3. The van der Waals surface area contributed by atoms with Gasteiger partial charge in [0, 0.05) is 11.8 Å². The minimum Gasteiger partial charge on any atom is -0.459 e. The number of esters is 1. The third kappa shape index (κ3) is 2.95. The molecule has 2 aromatic carbocycles. The number of nitrogens with zero attached hydrogens (tertiary/aromatic N) is 1. The molecule has 0 spiro atoms. The molecule has 1 aliphatic heterocycles. The molecule has 3 aliphatic rings. The lowest BCUT2D eigenvalue weighted by atomic mass is 9.85. The molecule has 5 heteroatoms. The summed E-state index contributed by atoms with van der Waals surface area (Å²) in [5.41, 5.74) is 3.96. The molecule has 162 valence electrons. The van der Waals surface area contributed by atoms with E-state index in [9.17, 15) is 14.4 Å². The van der Waals surface area contributed by atoms with Gasteiger partial charge in [0.05, 0.1) is 29.2 Å². The average Bonchev–Trinajstić information content (AvgIpc) is 3.43. The molecular formula is C27H25NO4. The molecule has 0 aromatic heterocycles. The largest absolute Gasteiger partial charge is 0.459 e. The molecule has 0 N–H and O–H groups in total. The van der Waals surface area contributed by atoms with Crippen molar-refractivity contribution >= 4 is 29.0 Å². The highest BCUT2D eigenvalue weighted by Gasteiger charge is 2.62. The number of hydrogen-bond donors (Lipinski definition) is 0. The van der Waals surface area contributed by atoms with Crippen molar-refractivity contribution in [1.82, 2.24) is 0 Å². The third-order valence-corrected chi connectivity index (χ3v) is 6.76. The van der Waals surface area contributed by atoms with Crippen LogP contribution in [-0.4, -0.2) is 23.9 Å². The first kappa shape index (κ1) is 20.4. The van der Waals surface area contributed by atoms with E-state index in [1.807, 2.05) is 18.2 Å². The first-order valence-electron chi connectivity index (χ1n) is 11.0. The van der Waals surface area contributed by atoms with Crippen LogP contribution in [0.3, 0.4) is 0 Å². The molecule has 2 bridgehead atoms. The summed E-state index contributed by atoms with van der Waals surface area (Å²) in [6.45, 7) is 5.61. The molecule has 1 heterocycles. The standard InChI is InChI=1S/C27H25NO4/c1-15(2)32-27(31)18-11-7-8-12-21(18)28-25(29)23-19-13-14-20(24(23)26(28)30)22(19)16(3)17-9-5-4-6-10-17/h4-15,19-20,23-24H,1-3H3/t19-,20-,23-,24+/m1/s1. The van der Waals surface area contributed by atoms with E-state index < -0.39 is 17.8 Å². The van der Waals surface area contributed by atoms with E-state index in [0.717, 1.165) is 11.1 Å². The van der Waals surface area contributed by atoms with Crippen LogP contribution in [0.15, 0.2) is 72.3 Å². The van der Waals surface area contributed by atoms with Crippen molar-refractivity contribution in [2.75, 3.05) is 4.90 Å². The summed E-state index contributed by atoms with van der Waals surface area (Å²) >= 11 is 0. The average molecular weight is 428 g/mol. The lowest BCUT2D eigenvalue weighted by Gasteiger charge is -2.22. The first-order valence-corrected chi connectivity index (χ1v) is 11.0. The third-order valence-electron chi connectivity index (χ3n) is 6.76. The van der Waals surface area contributed by atoms with Crippen LogP contribution in [0.4, 0.5) is 5.69 Å². The number of para-hydroxylation sites is 1. The Morgan fingerprint density at radius 3 is 2.03 bits per heavy atom. The molecule has 1 saturated heterocycles. The van der Waals surface area contributed by atoms with Gasteiger partial charge in [-0.25, -0.2) is 9.69 Å². The smallest absolute Gasteiger partial charge is 0.340 e. The summed E-state index contributed by atoms with van der Waals surface area (Å²) in [7, 11) is 0. The van der Waals surface area contributed by atoms with Gasteiger partial charge in [-0.15, -0.1) is 0 Å². The van der Waals surface area contributed by atoms with Crippen molar-refractivity contribution < 1.29 is 19.1 Å². The fourth-order valence-electron chi connectivity index (χ4n) is 5.47. The molecule has 5 nitrogen and oxygen atoms in total. The highest BCUT2D eigenvalue weighted by molar-refractivity contribution is 6.25. The summed E-state index contributed by atoms with van der Waals surface area (Å²) in [6.07, 6.45) is 3.84. The van der Waals surface area contributed by atoms with Gasteiger partial charge in [-0.1, -0.05) is 60.2 Å². The van der Waals surface area contributed by atoms with Crippen molar-refractivity contribution in [2.24, 2.45) is 23.7 Å². The topological polar surface area (TPSA) is 63.7 Å². The van der Waals surface area contributed by atoms with Crippen LogP contribution in [0.5, 0.6) is 0 Å². The van der Waals surface area contributed by atoms with E-state index in [1.165, 1.54) is 10.5 Å². The molecule has 1 saturated carbocycles. The number of amides is 2. The number of carbonyl (C=O) groups is 3. The van der Waals surface area contributed by atoms with Gasteiger partial charge < -0.3 is 4.74 Å². The molecule has 32 heavy (non-hydrogen) atoms. The zero-order valence-corrected chi connectivity index (χ0v) is 18.3. The number of ether oxygens (including phenoxy) is 1. The van der Waals surface area contributed by atoms with E-state index >= 15 is 0 Å². The zero-order valence-electron chi connectivity index (χ0n) is 18.3. The second-order valence-corrected chi connectivity index (χ2v) is 8.92. The predicted molar refractivity (Wildman–Crippen MR) is 122 cm³/mol. The molecule has 2 amide bonds. The maximum Gasteiger partial charge on any atom is 0.340 e. The maximum absolute atomic E-state index is 13.6. The number of hydrogen-bond acceptors (Lipinski definition) is 4. The molecule has 0 radical (unpaired) electrons. The zero-order chi connectivity index (χ0) is 22.6. The fraction of sp³-hybridized carbons (Fsp3) is 0.296. The van der Waals surface area contributed by atoms with E-state index in [0.29, 0.717) is 5.69 Å².